The van der Waals surface area contributed by atoms with Crippen LogP contribution >= 0.6 is 11.3 Å². The van der Waals surface area contributed by atoms with Crippen LogP contribution in [0.5, 0.6) is 11.5 Å². The molecule has 3 aromatic rings. The zero-order chi connectivity index (χ0) is 22.7. The van der Waals surface area contributed by atoms with Crippen LogP contribution in [0.1, 0.15) is 35.9 Å². The molecule has 1 aliphatic rings. The van der Waals surface area contributed by atoms with Gasteiger partial charge in [-0.05, 0) is 49.7 Å². The zero-order valence-electron chi connectivity index (χ0n) is 19.0. The van der Waals surface area contributed by atoms with Crippen molar-refractivity contribution in [2.75, 3.05) is 32.6 Å². The predicted molar refractivity (Wildman–Crippen MR) is 128 cm³/mol. The Bertz CT molecular complexity index is 1080. The minimum absolute atomic E-state index is 0.155. The molecule has 2 amide bonds. The van der Waals surface area contributed by atoms with E-state index in [9.17, 15) is 4.79 Å². The maximum Gasteiger partial charge on any atom is 0.319 e. The van der Waals surface area contributed by atoms with Gasteiger partial charge >= 0.3 is 6.03 Å². The first-order chi connectivity index (χ1) is 15.5. The molecule has 4 rings (SSSR count). The van der Waals surface area contributed by atoms with Gasteiger partial charge in [0.05, 0.1) is 25.9 Å². The lowest BCUT2D eigenvalue weighted by Crippen LogP contribution is -2.33. The van der Waals surface area contributed by atoms with Gasteiger partial charge in [0.25, 0.3) is 0 Å². The van der Waals surface area contributed by atoms with Crippen LogP contribution in [0.2, 0.25) is 0 Å². The molecule has 0 radical (unpaired) electrons. The van der Waals surface area contributed by atoms with E-state index >= 15 is 0 Å². The standard InChI is InChI=1S/C24H30N4O3S/c1-5-27-13-10-18-21(15-27)32-23(28-11-6-7-12-28)22(18)16(2)25-24(29)26-19-14-17(30-3)8-9-20(19)31-4/h6-9,11-12,14,16H,5,10,13,15H2,1-4H3,(H2,25,26,29)/t16-/m0/s1. The van der Waals surface area contributed by atoms with Crippen molar-refractivity contribution in [3.63, 3.8) is 0 Å². The Kier molecular flexibility index (Phi) is 6.72. The van der Waals surface area contributed by atoms with Gasteiger partial charge in [-0.1, -0.05) is 6.92 Å². The Morgan fingerprint density at radius 2 is 2.00 bits per heavy atom. The Hall–Kier alpha value is -2.97. The van der Waals surface area contributed by atoms with Gasteiger partial charge in [-0.2, -0.15) is 0 Å². The number of urea groups is 1. The number of nitrogens with zero attached hydrogens (tertiary/aromatic N) is 2. The van der Waals surface area contributed by atoms with Gasteiger partial charge in [0.2, 0.25) is 0 Å². The molecule has 1 aromatic carbocycles. The Morgan fingerprint density at radius 3 is 2.69 bits per heavy atom. The molecule has 1 atom stereocenters. The zero-order valence-corrected chi connectivity index (χ0v) is 19.8. The van der Waals surface area contributed by atoms with E-state index in [1.165, 1.54) is 21.0 Å². The van der Waals surface area contributed by atoms with Crippen molar-refractivity contribution in [1.29, 1.82) is 0 Å². The summed E-state index contributed by atoms with van der Waals surface area (Å²) in [5.41, 5.74) is 3.13. The highest BCUT2D eigenvalue weighted by Crippen LogP contribution is 2.39. The summed E-state index contributed by atoms with van der Waals surface area (Å²) in [5, 5.41) is 7.21. The number of aromatic nitrogens is 1. The quantitative estimate of drug-likeness (QED) is 0.537. The molecule has 0 spiro atoms. The second-order valence-corrected chi connectivity index (χ2v) is 8.90. The highest BCUT2D eigenvalue weighted by Gasteiger charge is 2.28. The second kappa shape index (κ2) is 9.67. The third-order valence-corrected chi connectivity index (χ3v) is 7.12. The van der Waals surface area contributed by atoms with Gasteiger partial charge in [-0.3, -0.25) is 4.90 Å². The van der Waals surface area contributed by atoms with Gasteiger partial charge in [0.1, 0.15) is 16.5 Å². The molecule has 0 saturated carbocycles. The molecule has 2 aromatic heterocycles. The summed E-state index contributed by atoms with van der Waals surface area (Å²) in [5.74, 6) is 1.23. The minimum atomic E-state index is -0.284. The second-order valence-electron chi connectivity index (χ2n) is 7.82. The Labute approximate surface area is 192 Å². The van der Waals surface area contributed by atoms with E-state index in [4.69, 9.17) is 9.47 Å². The predicted octanol–water partition coefficient (Wildman–Crippen LogP) is 4.82. The summed E-state index contributed by atoms with van der Waals surface area (Å²) in [7, 11) is 3.17. The molecule has 8 heteroatoms. The smallest absolute Gasteiger partial charge is 0.319 e. The van der Waals surface area contributed by atoms with Crippen molar-refractivity contribution < 1.29 is 14.3 Å². The van der Waals surface area contributed by atoms with Crippen LogP contribution in [-0.4, -0.2) is 42.8 Å². The van der Waals surface area contributed by atoms with Crippen molar-refractivity contribution in [3.8, 4) is 16.5 Å². The van der Waals surface area contributed by atoms with Crippen molar-refractivity contribution in [2.24, 2.45) is 0 Å². The summed E-state index contributed by atoms with van der Waals surface area (Å²) in [6.45, 7) is 7.30. The van der Waals surface area contributed by atoms with Crippen molar-refractivity contribution in [1.82, 2.24) is 14.8 Å². The maximum absolute atomic E-state index is 12.9. The van der Waals surface area contributed by atoms with E-state index in [1.54, 1.807) is 32.4 Å². The summed E-state index contributed by atoms with van der Waals surface area (Å²) < 4.78 is 12.8. The first-order valence-electron chi connectivity index (χ1n) is 10.8. The number of anilines is 1. The van der Waals surface area contributed by atoms with Crippen LogP contribution in [0.4, 0.5) is 10.5 Å². The van der Waals surface area contributed by atoms with Crippen molar-refractivity contribution >= 4 is 23.1 Å². The largest absolute Gasteiger partial charge is 0.497 e. The average Bonchev–Trinajstić information content (AvgIpc) is 3.46. The van der Waals surface area contributed by atoms with E-state index in [1.807, 2.05) is 30.4 Å². The topological polar surface area (TPSA) is 67.8 Å². The van der Waals surface area contributed by atoms with Crippen LogP contribution in [0.25, 0.3) is 5.00 Å². The molecule has 0 fully saturated rings. The number of hydrogen-bond acceptors (Lipinski definition) is 5. The van der Waals surface area contributed by atoms with Crippen LogP contribution in [0.3, 0.4) is 0 Å². The monoisotopic (exact) mass is 454 g/mol. The first kappa shape index (κ1) is 22.2. The molecule has 3 heterocycles. The molecule has 2 N–H and O–H groups in total. The number of ether oxygens (including phenoxy) is 2. The normalized spacial score (nSPS) is 14.5. The van der Waals surface area contributed by atoms with E-state index in [0.717, 1.165) is 26.1 Å². The van der Waals surface area contributed by atoms with Crippen LogP contribution in [-0.2, 0) is 13.0 Å². The summed E-state index contributed by atoms with van der Waals surface area (Å²) in [6.07, 6.45) is 5.12. The molecule has 0 aliphatic carbocycles. The fraction of sp³-hybridized carbons (Fsp3) is 0.375. The highest BCUT2D eigenvalue weighted by atomic mass is 32.1. The number of fused-ring (bicyclic) bond motifs is 1. The number of likely N-dealkylation sites (N-methyl/N-ethyl adjacent to an activating group) is 1. The van der Waals surface area contributed by atoms with Crippen LogP contribution in [0.15, 0.2) is 42.7 Å². The first-order valence-corrected chi connectivity index (χ1v) is 11.6. The number of hydrogen-bond donors (Lipinski definition) is 2. The summed E-state index contributed by atoms with van der Waals surface area (Å²) >= 11 is 1.82. The number of nitrogens with one attached hydrogen (secondary N) is 2. The molecule has 0 saturated heterocycles. The molecule has 7 nitrogen and oxygen atoms in total. The Morgan fingerprint density at radius 1 is 1.22 bits per heavy atom. The average molecular weight is 455 g/mol. The van der Waals surface area contributed by atoms with Crippen LogP contribution < -0.4 is 20.1 Å². The lowest BCUT2D eigenvalue weighted by atomic mass is 9.98. The number of carbonyl (C=O) groups is 1. The number of benzene rings is 1. The van der Waals surface area contributed by atoms with E-state index in [0.29, 0.717) is 17.2 Å². The van der Waals surface area contributed by atoms with Gasteiger partial charge < -0.3 is 24.7 Å². The maximum atomic E-state index is 12.9. The van der Waals surface area contributed by atoms with E-state index in [2.05, 4.69) is 39.4 Å². The lowest BCUT2D eigenvalue weighted by Gasteiger charge is -2.26. The Balaban J connectivity index is 1.59. The number of carbonyl (C=O) groups excluding carboxylic acids is 1. The molecular weight excluding hydrogens is 424 g/mol. The van der Waals surface area contributed by atoms with Crippen molar-refractivity contribution in [3.05, 3.63) is 58.7 Å². The van der Waals surface area contributed by atoms with E-state index in [-0.39, 0.29) is 12.1 Å². The van der Waals surface area contributed by atoms with Crippen LogP contribution in [0, 0.1) is 0 Å². The SMILES string of the molecule is CCN1CCc2c(sc(-n3cccc3)c2[C@H](C)NC(=O)Nc2cc(OC)ccc2OC)C1. The fourth-order valence-corrected chi connectivity index (χ4v) is 5.64. The third kappa shape index (κ3) is 4.47. The molecule has 1 aliphatic heterocycles. The molecular formula is C24H30N4O3S. The van der Waals surface area contributed by atoms with E-state index < -0.39 is 0 Å². The van der Waals surface area contributed by atoms with Gasteiger partial charge in [-0.15, -0.1) is 11.3 Å². The lowest BCUT2D eigenvalue weighted by molar-refractivity contribution is 0.249. The molecule has 0 bridgehead atoms. The minimum Gasteiger partial charge on any atom is -0.497 e. The van der Waals surface area contributed by atoms with Crippen molar-refractivity contribution in [2.45, 2.75) is 32.9 Å². The number of rotatable bonds is 7. The fourth-order valence-electron chi connectivity index (χ4n) is 4.18. The van der Waals surface area contributed by atoms with Gasteiger partial charge in [0, 0.05) is 42.0 Å². The molecule has 170 valence electrons. The summed E-state index contributed by atoms with van der Waals surface area (Å²) in [6, 6.07) is 8.94. The number of methoxy groups -OCH3 is 2. The number of thiophene rings is 1. The van der Waals surface area contributed by atoms with Gasteiger partial charge in [0.15, 0.2) is 0 Å². The molecule has 0 unspecified atom stereocenters. The highest BCUT2D eigenvalue weighted by molar-refractivity contribution is 7.15. The molecule has 32 heavy (non-hydrogen) atoms. The summed E-state index contributed by atoms with van der Waals surface area (Å²) in [4.78, 5) is 16.8. The number of amides is 2. The van der Waals surface area contributed by atoms with Gasteiger partial charge in [-0.25, -0.2) is 4.79 Å². The third-order valence-electron chi connectivity index (χ3n) is 5.88.